The van der Waals surface area contributed by atoms with Gasteiger partial charge >= 0.3 is 11.9 Å². The summed E-state index contributed by atoms with van der Waals surface area (Å²) in [6.45, 7) is 1.34. The van der Waals surface area contributed by atoms with E-state index in [4.69, 9.17) is 29.2 Å². The van der Waals surface area contributed by atoms with Crippen molar-refractivity contribution >= 4 is 45.2 Å². The van der Waals surface area contributed by atoms with Crippen molar-refractivity contribution < 1.29 is 48.3 Å². The fraction of sp³-hybridized carbons (Fsp3) is 0.393. The number of carbonyl (C=O) groups is 4. The number of hydrogen-bond acceptors (Lipinski definition) is 10. The number of ketones is 1. The maximum atomic E-state index is 12.4. The third-order valence-electron chi connectivity index (χ3n) is 6.39. The van der Waals surface area contributed by atoms with Gasteiger partial charge in [0, 0.05) is 38.4 Å². The molecule has 1 aromatic carbocycles. The Morgan fingerprint density at radius 1 is 0.829 bits per heavy atom. The maximum absolute atomic E-state index is 12.4. The van der Waals surface area contributed by atoms with Crippen LogP contribution in [-0.2, 0) is 27.5 Å². The molecule has 0 saturated heterocycles. The predicted molar refractivity (Wildman–Crippen MR) is 147 cm³/mol. The Balaban J connectivity index is 1.33. The molecule has 0 radical (unpaired) electrons. The number of carboxylic acids is 2. The molecule has 12 nitrogen and oxygen atoms in total. The number of hydrogen-bond donors (Lipinski definition) is 2. The second kappa shape index (κ2) is 13.3. The van der Waals surface area contributed by atoms with Crippen molar-refractivity contribution in [2.75, 3.05) is 27.4 Å². The van der Waals surface area contributed by atoms with E-state index >= 15 is 0 Å². The molecule has 1 amide bonds. The Bertz CT molecular complexity index is 1470. The molecule has 2 aromatic heterocycles. The summed E-state index contributed by atoms with van der Waals surface area (Å²) in [7, 11) is 3.03. The Labute approximate surface area is 239 Å². The van der Waals surface area contributed by atoms with E-state index in [1.54, 1.807) is 17.0 Å². The van der Waals surface area contributed by atoms with Crippen molar-refractivity contribution in [2.45, 2.75) is 45.2 Å². The number of methoxy groups -OCH3 is 2. The standard InChI is InChI=1S/C28H30N2O10S/c1-37-20-10-16-14-30(25(32)5-7-27(35)36)15-17(16)11-21(20)39-8-3-9-40-28-22(38-2)13-23-18(29-28)12-24(41-23)19(31)4-6-26(33)34/h10-13H,3-9,14-15H2,1-2H3,(H,33,34)(H,35,36). The molecule has 4 rings (SSSR count). The number of thiophene rings is 1. The van der Waals surface area contributed by atoms with Crippen LogP contribution in [0, 0.1) is 0 Å². The van der Waals surface area contributed by atoms with Crippen LogP contribution in [-0.4, -0.2) is 71.2 Å². The summed E-state index contributed by atoms with van der Waals surface area (Å²) in [6, 6.07) is 7.03. The molecule has 3 heterocycles. The lowest BCUT2D eigenvalue weighted by Gasteiger charge is -2.14. The molecule has 0 bridgehead atoms. The summed E-state index contributed by atoms with van der Waals surface area (Å²) in [4.78, 5) is 52.8. The molecule has 0 fully saturated rings. The first-order valence-corrected chi connectivity index (χ1v) is 13.7. The summed E-state index contributed by atoms with van der Waals surface area (Å²) < 4.78 is 23.4. The third-order valence-corrected chi connectivity index (χ3v) is 7.51. The lowest BCUT2D eigenvalue weighted by atomic mass is 10.1. The van der Waals surface area contributed by atoms with Gasteiger partial charge in [-0.1, -0.05) is 0 Å². The van der Waals surface area contributed by atoms with Gasteiger partial charge in [0.05, 0.1) is 55.4 Å². The number of carboxylic acid groups (broad SMARTS) is 2. The number of benzene rings is 1. The molecule has 218 valence electrons. The van der Waals surface area contributed by atoms with Crippen LogP contribution in [0.25, 0.3) is 10.2 Å². The smallest absolute Gasteiger partial charge is 0.303 e. The van der Waals surface area contributed by atoms with Crippen molar-refractivity contribution in [1.82, 2.24) is 9.88 Å². The Kier molecular flexibility index (Phi) is 9.61. The minimum atomic E-state index is -1.03. The van der Waals surface area contributed by atoms with Crippen molar-refractivity contribution in [3.8, 4) is 23.1 Å². The van der Waals surface area contributed by atoms with Gasteiger partial charge in [-0.3, -0.25) is 19.2 Å². The average Bonchev–Trinajstić information content (AvgIpc) is 3.56. The highest BCUT2D eigenvalue weighted by Crippen LogP contribution is 2.36. The first-order valence-electron chi connectivity index (χ1n) is 12.9. The molecule has 1 aliphatic rings. The van der Waals surface area contributed by atoms with E-state index in [0.29, 0.717) is 53.8 Å². The third kappa shape index (κ3) is 7.42. The van der Waals surface area contributed by atoms with Gasteiger partial charge in [-0.05, 0) is 29.3 Å². The number of ether oxygens (including phenoxy) is 4. The van der Waals surface area contributed by atoms with Gasteiger partial charge < -0.3 is 34.1 Å². The molecular weight excluding hydrogens is 556 g/mol. The van der Waals surface area contributed by atoms with Crippen molar-refractivity contribution in [3.05, 3.63) is 40.3 Å². The van der Waals surface area contributed by atoms with E-state index in [1.807, 2.05) is 12.1 Å². The number of pyridine rings is 1. The zero-order chi connectivity index (χ0) is 29.5. The van der Waals surface area contributed by atoms with E-state index in [9.17, 15) is 19.2 Å². The number of amides is 1. The van der Waals surface area contributed by atoms with Crippen LogP contribution in [0.15, 0.2) is 24.3 Å². The zero-order valence-electron chi connectivity index (χ0n) is 22.6. The quantitative estimate of drug-likeness (QED) is 0.196. The van der Waals surface area contributed by atoms with Gasteiger partial charge in [0.25, 0.3) is 5.88 Å². The van der Waals surface area contributed by atoms with Crippen LogP contribution in [0.4, 0.5) is 0 Å². The maximum Gasteiger partial charge on any atom is 0.303 e. The molecule has 41 heavy (non-hydrogen) atoms. The van der Waals surface area contributed by atoms with Gasteiger partial charge in [0.2, 0.25) is 5.91 Å². The van der Waals surface area contributed by atoms with Crippen LogP contribution in [0.3, 0.4) is 0 Å². The molecule has 13 heteroatoms. The van der Waals surface area contributed by atoms with Gasteiger partial charge in [-0.2, -0.15) is 0 Å². The van der Waals surface area contributed by atoms with Crippen LogP contribution < -0.4 is 18.9 Å². The van der Waals surface area contributed by atoms with E-state index in [0.717, 1.165) is 15.8 Å². The van der Waals surface area contributed by atoms with Gasteiger partial charge in [0.15, 0.2) is 23.0 Å². The van der Waals surface area contributed by atoms with Crippen LogP contribution >= 0.6 is 11.3 Å². The molecule has 3 aromatic rings. The number of carbonyl (C=O) groups excluding carboxylic acids is 2. The molecule has 0 aliphatic carbocycles. The molecule has 0 saturated carbocycles. The van der Waals surface area contributed by atoms with Crippen LogP contribution in [0.2, 0.25) is 0 Å². The minimum Gasteiger partial charge on any atom is -0.493 e. The second-order valence-corrected chi connectivity index (χ2v) is 10.4. The number of rotatable bonds is 15. The van der Waals surface area contributed by atoms with Gasteiger partial charge in [-0.25, -0.2) is 4.98 Å². The monoisotopic (exact) mass is 586 g/mol. The number of nitrogens with zero attached hydrogens (tertiary/aromatic N) is 2. The zero-order valence-corrected chi connectivity index (χ0v) is 23.5. The number of Topliss-reactive ketones (excluding diaryl/α,β-unsaturated/α-hetero) is 1. The largest absolute Gasteiger partial charge is 0.493 e. The first kappa shape index (κ1) is 29.6. The van der Waals surface area contributed by atoms with Gasteiger partial charge in [-0.15, -0.1) is 11.3 Å². The summed E-state index contributed by atoms with van der Waals surface area (Å²) >= 11 is 1.22. The van der Waals surface area contributed by atoms with Crippen LogP contribution in [0.1, 0.15) is 52.9 Å². The number of aromatic nitrogens is 1. The van der Waals surface area contributed by atoms with E-state index < -0.39 is 11.9 Å². The van der Waals surface area contributed by atoms with E-state index in [2.05, 4.69) is 4.98 Å². The predicted octanol–water partition coefficient (Wildman–Crippen LogP) is 3.92. The average molecular weight is 587 g/mol. The van der Waals surface area contributed by atoms with E-state index in [-0.39, 0.29) is 49.9 Å². The minimum absolute atomic E-state index is 0.0467. The first-order chi connectivity index (χ1) is 19.7. The second-order valence-electron chi connectivity index (χ2n) is 9.27. The van der Waals surface area contributed by atoms with Gasteiger partial charge in [0.1, 0.15) is 0 Å². The van der Waals surface area contributed by atoms with Crippen molar-refractivity contribution in [1.29, 1.82) is 0 Å². The highest BCUT2D eigenvalue weighted by molar-refractivity contribution is 7.20. The summed E-state index contributed by atoms with van der Waals surface area (Å²) in [5.41, 5.74) is 2.40. The number of aliphatic carboxylic acids is 2. The fourth-order valence-electron chi connectivity index (χ4n) is 4.30. The van der Waals surface area contributed by atoms with Crippen molar-refractivity contribution in [2.24, 2.45) is 0 Å². The summed E-state index contributed by atoms with van der Waals surface area (Å²) in [5.74, 6) is -0.764. The Morgan fingerprint density at radius 2 is 1.46 bits per heavy atom. The normalized spacial score (nSPS) is 12.2. The molecule has 0 unspecified atom stereocenters. The Hall–Kier alpha value is -4.39. The van der Waals surface area contributed by atoms with Crippen LogP contribution in [0.5, 0.6) is 23.1 Å². The molecule has 0 spiro atoms. The highest BCUT2D eigenvalue weighted by atomic mass is 32.1. The van der Waals surface area contributed by atoms with E-state index in [1.165, 1.54) is 25.6 Å². The topological polar surface area (TPSA) is 162 Å². The fourth-order valence-corrected chi connectivity index (χ4v) is 5.30. The number of fused-ring (bicyclic) bond motifs is 2. The SMILES string of the molecule is COc1cc2c(cc1OCCCOc1nc3cc(C(=O)CCC(=O)O)sc3cc1OC)CN(C(=O)CCC(=O)O)C2. The molecule has 2 N–H and O–H groups in total. The highest BCUT2D eigenvalue weighted by Gasteiger charge is 2.26. The lowest BCUT2D eigenvalue weighted by molar-refractivity contribution is -0.141. The molecule has 1 aliphatic heterocycles. The molecule has 0 atom stereocenters. The summed E-state index contributed by atoms with van der Waals surface area (Å²) in [5, 5.41) is 17.7. The van der Waals surface area contributed by atoms with Crippen molar-refractivity contribution in [3.63, 3.8) is 0 Å². The lowest BCUT2D eigenvalue weighted by Crippen LogP contribution is -2.25. The Morgan fingerprint density at radius 3 is 2.12 bits per heavy atom. The summed E-state index contributed by atoms with van der Waals surface area (Å²) in [6.07, 6.45) is -0.0608. The molecular formula is C28H30N2O10S.